The van der Waals surface area contributed by atoms with Crippen LogP contribution in [0.1, 0.15) is 27.0 Å². The van der Waals surface area contributed by atoms with Crippen molar-refractivity contribution < 1.29 is 14.3 Å². The molecule has 0 fully saturated rings. The lowest BCUT2D eigenvalue weighted by molar-refractivity contribution is 0.0729. The molecule has 0 aliphatic heterocycles. The number of halogens is 1. The lowest BCUT2D eigenvalue weighted by atomic mass is 10.0. The van der Waals surface area contributed by atoms with Crippen LogP contribution in [0.15, 0.2) is 66.7 Å². The predicted octanol–water partition coefficient (Wildman–Crippen LogP) is 5.51. The largest absolute Gasteiger partial charge is 0.488 e. The smallest absolute Gasteiger partial charge is 0.347 e. The van der Waals surface area contributed by atoms with E-state index in [0.29, 0.717) is 40.8 Å². The lowest BCUT2D eigenvalue weighted by Gasteiger charge is -2.19. The molecule has 0 atom stereocenters. The Labute approximate surface area is 176 Å². The van der Waals surface area contributed by atoms with Crippen LogP contribution in [-0.2, 0) is 13.2 Å². The van der Waals surface area contributed by atoms with Gasteiger partial charge in [0.25, 0.3) is 0 Å². The second-order valence-corrected chi connectivity index (χ2v) is 7.44. The maximum Gasteiger partial charge on any atom is 0.347 e. The van der Waals surface area contributed by atoms with Gasteiger partial charge in [0.1, 0.15) is 23.7 Å². The van der Waals surface area contributed by atoms with Gasteiger partial charge in [-0.3, -0.25) is 0 Å². The Morgan fingerprint density at radius 1 is 1.00 bits per heavy atom. The van der Waals surface area contributed by atoms with Crippen molar-refractivity contribution in [3.63, 3.8) is 0 Å². The van der Waals surface area contributed by atoms with E-state index >= 15 is 0 Å². The first-order valence-corrected chi connectivity index (χ1v) is 9.74. The molecule has 0 N–H and O–H groups in total. The van der Waals surface area contributed by atoms with Crippen LogP contribution in [-0.4, -0.2) is 25.0 Å². The third-order valence-electron chi connectivity index (χ3n) is 4.42. The fourth-order valence-corrected chi connectivity index (χ4v) is 3.24. The molecule has 0 aliphatic carbocycles. The second-order valence-electron chi connectivity index (χ2n) is 7.06. The van der Waals surface area contributed by atoms with E-state index in [1.807, 2.05) is 80.5 Å². The summed E-state index contributed by atoms with van der Waals surface area (Å²) in [5, 5.41) is 0.547. The number of hydrogen-bond donors (Lipinski definition) is 0. The van der Waals surface area contributed by atoms with E-state index in [4.69, 9.17) is 21.1 Å². The van der Waals surface area contributed by atoms with Crippen LogP contribution in [0.3, 0.4) is 0 Å². The first-order chi connectivity index (χ1) is 14.0. The third-order valence-corrected chi connectivity index (χ3v) is 4.95. The molecular weight excluding hydrogens is 386 g/mol. The van der Waals surface area contributed by atoms with Gasteiger partial charge < -0.3 is 14.4 Å². The van der Waals surface area contributed by atoms with Crippen molar-refractivity contribution in [1.82, 2.24) is 4.90 Å². The highest BCUT2D eigenvalue weighted by Gasteiger charge is 2.23. The summed E-state index contributed by atoms with van der Waals surface area (Å²) in [5.41, 5.74) is 2.90. The van der Waals surface area contributed by atoms with E-state index in [-0.39, 0.29) is 0 Å². The molecule has 0 saturated carbocycles. The summed E-state index contributed by atoms with van der Waals surface area (Å²) >= 11 is 6.59. The molecule has 29 heavy (non-hydrogen) atoms. The highest BCUT2D eigenvalue weighted by Crippen LogP contribution is 2.34. The van der Waals surface area contributed by atoms with Crippen LogP contribution >= 0.6 is 11.6 Å². The number of carbonyl (C=O) groups is 1. The van der Waals surface area contributed by atoms with Gasteiger partial charge in [0.2, 0.25) is 0 Å². The molecule has 5 heteroatoms. The van der Waals surface area contributed by atoms with Crippen LogP contribution in [0.2, 0.25) is 5.02 Å². The summed E-state index contributed by atoms with van der Waals surface area (Å²) in [6.45, 7) is 2.79. The Morgan fingerprint density at radius 2 is 1.62 bits per heavy atom. The van der Waals surface area contributed by atoms with Crippen molar-refractivity contribution in [3.05, 3.63) is 94.0 Å². The highest BCUT2D eigenvalue weighted by atomic mass is 35.5. The number of rotatable bonds is 7. The van der Waals surface area contributed by atoms with Gasteiger partial charge >= 0.3 is 5.97 Å². The van der Waals surface area contributed by atoms with Crippen LogP contribution in [0.25, 0.3) is 0 Å². The van der Waals surface area contributed by atoms with Crippen molar-refractivity contribution in [1.29, 1.82) is 0 Å². The molecule has 0 radical (unpaired) electrons. The molecule has 0 spiro atoms. The Morgan fingerprint density at radius 3 is 2.24 bits per heavy atom. The first kappa shape index (κ1) is 20.9. The lowest BCUT2D eigenvalue weighted by Crippen LogP contribution is -2.16. The molecule has 0 saturated heterocycles. The van der Waals surface area contributed by atoms with Gasteiger partial charge in [-0.05, 0) is 55.9 Å². The molecule has 4 nitrogen and oxygen atoms in total. The second kappa shape index (κ2) is 9.59. The van der Waals surface area contributed by atoms with Gasteiger partial charge in [-0.1, -0.05) is 60.1 Å². The fourth-order valence-electron chi connectivity index (χ4n) is 3.03. The molecule has 0 aromatic heterocycles. The Bertz CT molecular complexity index is 972. The SMILES string of the molecule is Cc1c(Cl)c(CN(C)C)cc(OCc2ccccc2)c1C(=O)Oc1ccccc1. The van der Waals surface area contributed by atoms with Crippen molar-refractivity contribution in [3.8, 4) is 11.5 Å². The molecule has 0 heterocycles. The minimum absolute atomic E-state index is 0.342. The maximum atomic E-state index is 13.0. The number of hydrogen-bond acceptors (Lipinski definition) is 4. The van der Waals surface area contributed by atoms with Gasteiger partial charge in [0.05, 0.1) is 0 Å². The van der Waals surface area contributed by atoms with Gasteiger partial charge in [-0.15, -0.1) is 0 Å². The van der Waals surface area contributed by atoms with Crippen LogP contribution in [0, 0.1) is 6.92 Å². The number of benzene rings is 3. The monoisotopic (exact) mass is 409 g/mol. The van der Waals surface area contributed by atoms with Gasteiger partial charge in [-0.2, -0.15) is 0 Å². The molecule has 3 aromatic carbocycles. The summed E-state index contributed by atoms with van der Waals surface area (Å²) in [5.74, 6) is 0.447. The minimum Gasteiger partial charge on any atom is -0.488 e. The highest BCUT2D eigenvalue weighted by molar-refractivity contribution is 6.32. The molecule has 0 bridgehead atoms. The number of nitrogens with zero attached hydrogens (tertiary/aromatic N) is 1. The van der Waals surface area contributed by atoms with E-state index in [2.05, 4.69) is 0 Å². The van der Waals surface area contributed by atoms with Crippen molar-refractivity contribution in [2.24, 2.45) is 0 Å². The van der Waals surface area contributed by atoms with Gasteiger partial charge in [0, 0.05) is 11.6 Å². The maximum absolute atomic E-state index is 13.0. The molecule has 3 aromatic rings. The molecule has 150 valence electrons. The molecule has 0 aliphatic rings. The van der Waals surface area contributed by atoms with E-state index in [1.54, 1.807) is 12.1 Å². The Balaban J connectivity index is 1.97. The summed E-state index contributed by atoms with van der Waals surface area (Å²) in [4.78, 5) is 15.0. The molecular formula is C24H24ClNO3. The van der Waals surface area contributed by atoms with E-state index in [1.165, 1.54) is 0 Å². The number of esters is 1. The fraction of sp³-hybridized carbons (Fsp3) is 0.208. The van der Waals surface area contributed by atoms with Gasteiger partial charge in [0.15, 0.2) is 0 Å². The topological polar surface area (TPSA) is 38.8 Å². The predicted molar refractivity (Wildman–Crippen MR) is 116 cm³/mol. The molecule has 3 rings (SSSR count). The Hall–Kier alpha value is -2.82. The summed E-state index contributed by atoms with van der Waals surface area (Å²) < 4.78 is 11.6. The summed E-state index contributed by atoms with van der Waals surface area (Å²) in [7, 11) is 3.93. The van der Waals surface area contributed by atoms with Crippen LogP contribution in [0.5, 0.6) is 11.5 Å². The van der Waals surface area contributed by atoms with Gasteiger partial charge in [-0.25, -0.2) is 4.79 Å². The third kappa shape index (κ3) is 5.37. The average molecular weight is 410 g/mol. The molecule has 0 amide bonds. The normalized spacial score (nSPS) is 10.8. The zero-order valence-corrected chi connectivity index (χ0v) is 17.6. The first-order valence-electron chi connectivity index (χ1n) is 9.36. The van der Waals surface area contributed by atoms with E-state index in [9.17, 15) is 4.79 Å². The molecule has 0 unspecified atom stereocenters. The van der Waals surface area contributed by atoms with Crippen molar-refractivity contribution >= 4 is 17.6 Å². The number of ether oxygens (including phenoxy) is 2. The number of para-hydroxylation sites is 1. The van der Waals surface area contributed by atoms with Crippen LogP contribution in [0.4, 0.5) is 0 Å². The van der Waals surface area contributed by atoms with E-state index in [0.717, 1.165) is 11.1 Å². The quantitative estimate of drug-likeness (QED) is 0.381. The zero-order chi connectivity index (χ0) is 20.8. The summed E-state index contributed by atoms with van der Waals surface area (Å²) in [6.07, 6.45) is 0. The zero-order valence-electron chi connectivity index (χ0n) is 16.8. The average Bonchev–Trinajstić information content (AvgIpc) is 2.71. The van der Waals surface area contributed by atoms with Crippen molar-refractivity contribution in [2.45, 2.75) is 20.1 Å². The minimum atomic E-state index is -0.491. The van der Waals surface area contributed by atoms with Crippen LogP contribution < -0.4 is 9.47 Å². The van der Waals surface area contributed by atoms with Crippen molar-refractivity contribution in [2.75, 3.05) is 14.1 Å². The standard InChI is InChI=1S/C24H24ClNO3/c1-17-22(24(27)29-20-12-8-5-9-13-20)21(14-19(23(17)25)15-26(2)3)28-16-18-10-6-4-7-11-18/h4-14H,15-16H2,1-3H3. The Kier molecular flexibility index (Phi) is 6.91. The summed E-state index contributed by atoms with van der Waals surface area (Å²) in [6, 6.07) is 20.6. The van der Waals surface area contributed by atoms with E-state index < -0.39 is 5.97 Å². The number of carbonyl (C=O) groups excluding carboxylic acids is 1.